The predicted octanol–water partition coefficient (Wildman–Crippen LogP) is 4.51. The number of benzene rings is 2. The number of nitrogens with one attached hydrogen (secondary N) is 2. The Labute approximate surface area is 151 Å². The van der Waals surface area contributed by atoms with E-state index in [2.05, 4.69) is 15.7 Å². The second-order valence-corrected chi connectivity index (χ2v) is 6.64. The van der Waals surface area contributed by atoms with Gasteiger partial charge >= 0.3 is 11.5 Å². The number of carbonyl (C=O) groups excluding carboxylic acids is 1. The van der Waals surface area contributed by atoms with Gasteiger partial charge in [0.05, 0.1) is 17.4 Å². The van der Waals surface area contributed by atoms with Crippen molar-refractivity contribution in [1.29, 1.82) is 0 Å². The molecule has 0 saturated heterocycles. The zero-order valence-corrected chi connectivity index (χ0v) is 14.5. The Morgan fingerprint density at radius 3 is 2.62 bits per heavy atom. The highest BCUT2D eigenvalue weighted by molar-refractivity contribution is 8.00. The third kappa shape index (κ3) is 4.48. The number of halogens is 3. The molecule has 5 nitrogen and oxygen atoms in total. The summed E-state index contributed by atoms with van der Waals surface area (Å²) in [6, 6.07) is 10.9. The first kappa shape index (κ1) is 18.1. The summed E-state index contributed by atoms with van der Waals surface area (Å²) in [5, 5.41) is 10.4. The summed E-state index contributed by atoms with van der Waals surface area (Å²) in [6.07, 6.45) is 1.67. The first-order valence-corrected chi connectivity index (χ1v) is 8.44. The fourth-order valence-electron chi connectivity index (χ4n) is 2.44. The van der Waals surface area contributed by atoms with Crippen molar-refractivity contribution in [3.8, 4) is 0 Å². The van der Waals surface area contributed by atoms with Gasteiger partial charge in [-0.05, 0) is 41.6 Å². The number of aryl methyl sites for hydroxylation is 1. The van der Waals surface area contributed by atoms with Crippen LogP contribution >= 0.6 is 11.8 Å². The number of alkyl halides is 3. The van der Waals surface area contributed by atoms with E-state index in [9.17, 15) is 18.0 Å². The molecule has 26 heavy (non-hydrogen) atoms. The molecule has 1 aromatic heterocycles. The van der Waals surface area contributed by atoms with Crippen molar-refractivity contribution in [3.05, 3.63) is 54.2 Å². The van der Waals surface area contributed by atoms with Gasteiger partial charge in [-0.15, -0.1) is 0 Å². The third-order valence-corrected chi connectivity index (χ3v) is 4.39. The number of rotatable bonds is 4. The van der Waals surface area contributed by atoms with E-state index >= 15 is 0 Å². The van der Waals surface area contributed by atoms with Crippen LogP contribution in [-0.4, -0.2) is 21.3 Å². The maximum Gasteiger partial charge on any atom is 0.446 e. The lowest BCUT2D eigenvalue weighted by atomic mass is 10.2. The van der Waals surface area contributed by atoms with Gasteiger partial charge in [0, 0.05) is 23.9 Å². The van der Waals surface area contributed by atoms with Crippen molar-refractivity contribution in [2.45, 2.75) is 16.9 Å². The Kier molecular flexibility index (Phi) is 5.08. The molecule has 0 aliphatic carbocycles. The van der Waals surface area contributed by atoms with Crippen LogP contribution in [0.5, 0.6) is 0 Å². The molecule has 0 fully saturated rings. The van der Waals surface area contributed by atoms with Gasteiger partial charge < -0.3 is 10.6 Å². The minimum absolute atomic E-state index is 0.106. The Balaban J connectivity index is 1.58. The quantitative estimate of drug-likeness (QED) is 0.655. The van der Waals surface area contributed by atoms with E-state index in [0.29, 0.717) is 11.3 Å². The van der Waals surface area contributed by atoms with Crippen LogP contribution in [0.3, 0.4) is 0 Å². The number of hydrogen-bond acceptors (Lipinski definition) is 3. The van der Waals surface area contributed by atoms with Crippen LogP contribution in [0.15, 0.2) is 53.6 Å². The molecule has 3 aromatic rings. The number of hydrogen-bond donors (Lipinski definition) is 2. The summed E-state index contributed by atoms with van der Waals surface area (Å²) >= 11 is -0.169. The Hall–Kier alpha value is -2.68. The molecule has 136 valence electrons. The van der Waals surface area contributed by atoms with Gasteiger partial charge in [-0.3, -0.25) is 4.68 Å². The molecule has 0 aliphatic rings. The highest BCUT2D eigenvalue weighted by Crippen LogP contribution is 2.36. The molecule has 0 radical (unpaired) electrons. The third-order valence-electron chi connectivity index (χ3n) is 3.65. The Bertz CT molecular complexity index is 922. The first-order valence-electron chi connectivity index (χ1n) is 7.62. The minimum Gasteiger partial charge on any atom is -0.334 e. The second-order valence-electron chi connectivity index (χ2n) is 5.51. The Morgan fingerprint density at radius 2 is 1.92 bits per heavy atom. The normalized spacial score (nSPS) is 11.5. The van der Waals surface area contributed by atoms with Gasteiger partial charge in [0.15, 0.2) is 0 Å². The molecular weight excluding hydrogens is 365 g/mol. The smallest absolute Gasteiger partial charge is 0.334 e. The summed E-state index contributed by atoms with van der Waals surface area (Å²) in [5.74, 6) is 0. The number of nitrogens with zero attached hydrogens (tertiary/aromatic N) is 2. The molecule has 1 heterocycles. The van der Waals surface area contributed by atoms with E-state index in [-0.39, 0.29) is 23.2 Å². The molecule has 2 N–H and O–H groups in total. The lowest BCUT2D eigenvalue weighted by Gasteiger charge is -2.10. The molecule has 0 bridgehead atoms. The lowest BCUT2D eigenvalue weighted by Crippen LogP contribution is -2.28. The fraction of sp³-hybridized carbons (Fsp3) is 0.176. The molecule has 0 atom stereocenters. The molecule has 0 saturated carbocycles. The lowest BCUT2D eigenvalue weighted by molar-refractivity contribution is -0.0328. The van der Waals surface area contributed by atoms with Crippen LogP contribution < -0.4 is 10.6 Å². The summed E-state index contributed by atoms with van der Waals surface area (Å²) in [6.45, 7) is 0.200. The molecule has 0 spiro atoms. The van der Waals surface area contributed by atoms with Crippen LogP contribution in [0.4, 0.5) is 23.7 Å². The molecule has 3 rings (SSSR count). The molecule has 9 heteroatoms. The number of amides is 2. The predicted molar refractivity (Wildman–Crippen MR) is 94.9 cm³/mol. The van der Waals surface area contributed by atoms with Crippen molar-refractivity contribution in [2.75, 3.05) is 5.32 Å². The summed E-state index contributed by atoms with van der Waals surface area (Å²) in [5.41, 5.74) is -2.09. The van der Waals surface area contributed by atoms with E-state index < -0.39 is 11.5 Å². The van der Waals surface area contributed by atoms with Crippen molar-refractivity contribution in [1.82, 2.24) is 15.1 Å². The molecule has 0 aliphatic heterocycles. The van der Waals surface area contributed by atoms with E-state index in [1.54, 1.807) is 29.1 Å². The second kappa shape index (κ2) is 7.28. The average molecular weight is 380 g/mol. The average Bonchev–Trinajstić information content (AvgIpc) is 2.95. The summed E-state index contributed by atoms with van der Waals surface area (Å²) in [4.78, 5) is 12.2. The van der Waals surface area contributed by atoms with Crippen molar-refractivity contribution in [2.24, 2.45) is 7.05 Å². The molecule has 2 aromatic carbocycles. The van der Waals surface area contributed by atoms with Gasteiger partial charge in [0.1, 0.15) is 0 Å². The van der Waals surface area contributed by atoms with Gasteiger partial charge in [-0.1, -0.05) is 18.2 Å². The maximum atomic E-state index is 12.3. The van der Waals surface area contributed by atoms with Crippen LogP contribution in [0.2, 0.25) is 0 Å². The minimum atomic E-state index is -4.31. The van der Waals surface area contributed by atoms with E-state index in [1.165, 1.54) is 12.1 Å². The molecule has 2 amide bonds. The van der Waals surface area contributed by atoms with Crippen LogP contribution in [-0.2, 0) is 13.6 Å². The highest BCUT2D eigenvalue weighted by Gasteiger charge is 2.28. The van der Waals surface area contributed by atoms with Crippen LogP contribution in [0.1, 0.15) is 5.56 Å². The first-order chi connectivity index (χ1) is 12.3. The van der Waals surface area contributed by atoms with E-state index in [1.807, 2.05) is 19.2 Å². The standard InChI is InChI=1S/C17H15F3N4OS/c1-24-15-4-2-3-14(13(15)10-22-24)23-16(25)21-9-11-5-7-12(8-6-11)26-17(18,19)20/h2-8,10H,9H2,1H3,(H2,21,23,25). The number of anilines is 1. The number of fused-ring (bicyclic) bond motifs is 1. The zero-order chi connectivity index (χ0) is 18.7. The number of carbonyl (C=O) groups is 1. The van der Waals surface area contributed by atoms with Crippen molar-refractivity contribution in [3.63, 3.8) is 0 Å². The summed E-state index contributed by atoms with van der Waals surface area (Å²) in [7, 11) is 1.81. The van der Waals surface area contributed by atoms with Crippen molar-refractivity contribution < 1.29 is 18.0 Å². The number of thioether (sulfide) groups is 1. The topological polar surface area (TPSA) is 59.0 Å². The van der Waals surface area contributed by atoms with E-state index in [0.717, 1.165) is 10.9 Å². The maximum absolute atomic E-state index is 12.3. The summed E-state index contributed by atoms with van der Waals surface area (Å²) < 4.78 is 38.6. The van der Waals surface area contributed by atoms with Crippen LogP contribution in [0, 0.1) is 0 Å². The SMILES string of the molecule is Cn1ncc2c(NC(=O)NCc3ccc(SC(F)(F)F)cc3)cccc21. The fourth-order valence-corrected chi connectivity index (χ4v) is 2.98. The molecule has 0 unspecified atom stereocenters. The van der Waals surface area contributed by atoms with Gasteiger partial charge in [0.25, 0.3) is 0 Å². The van der Waals surface area contributed by atoms with Gasteiger partial charge in [-0.2, -0.15) is 18.3 Å². The zero-order valence-electron chi connectivity index (χ0n) is 13.7. The van der Waals surface area contributed by atoms with Gasteiger partial charge in [0.2, 0.25) is 0 Å². The number of aromatic nitrogens is 2. The molecular formula is C17H15F3N4OS. The van der Waals surface area contributed by atoms with Crippen LogP contribution in [0.25, 0.3) is 10.9 Å². The number of urea groups is 1. The van der Waals surface area contributed by atoms with E-state index in [4.69, 9.17) is 0 Å². The Morgan fingerprint density at radius 1 is 1.19 bits per heavy atom. The van der Waals surface area contributed by atoms with Gasteiger partial charge in [-0.25, -0.2) is 4.79 Å². The monoisotopic (exact) mass is 380 g/mol. The largest absolute Gasteiger partial charge is 0.446 e. The van der Waals surface area contributed by atoms with Crippen molar-refractivity contribution >= 4 is 34.4 Å². The highest BCUT2D eigenvalue weighted by atomic mass is 32.2.